The average Bonchev–Trinajstić information content (AvgIpc) is 2.87. The molecule has 12 nitrogen and oxygen atoms in total. The number of nitro benzene ring substituents is 2. The van der Waals surface area contributed by atoms with E-state index in [1.54, 1.807) is 0 Å². The molecule has 0 radical (unpaired) electrons. The van der Waals surface area contributed by atoms with Crippen LogP contribution >= 0.6 is 0 Å². The molecular formula is C24H32N4O8. The van der Waals surface area contributed by atoms with Gasteiger partial charge in [0.25, 0.3) is 11.4 Å². The van der Waals surface area contributed by atoms with Gasteiger partial charge in [-0.1, -0.05) is 0 Å². The van der Waals surface area contributed by atoms with Crippen LogP contribution in [0.2, 0.25) is 0 Å². The monoisotopic (exact) mass is 504 g/mol. The Balaban J connectivity index is 1.25. The first-order chi connectivity index (χ1) is 17.3. The molecule has 2 atom stereocenters. The minimum Gasteiger partial charge on any atom is -0.491 e. The smallest absolute Gasteiger partial charge is 0.269 e. The summed E-state index contributed by atoms with van der Waals surface area (Å²) in [7, 11) is 0. The molecule has 3 rings (SSSR count). The van der Waals surface area contributed by atoms with Gasteiger partial charge in [-0.25, -0.2) is 0 Å². The maximum Gasteiger partial charge on any atom is 0.269 e. The van der Waals surface area contributed by atoms with Crippen LogP contribution in [0.15, 0.2) is 48.5 Å². The lowest BCUT2D eigenvalue weighted by Crippen LogP contribution is -2.43. The molecule has 0 bridgehead atoms. The number of hydrogen-bond donors (Lipinski definition) is 3. The second-order valence-corrected chi connectivity index (χ2v) is 8.83. The van der Waals surface area contributed by atoms with Crippen molar-refractivity contribution in [2.45, 2.75) is 25.0 Å². The molecule has 0 saturated carbocycles. The van der Waals surface area contributed by atoms with Crippen LogP contribution in [0.5, 0.6) is 11.5 Å². The van der Waals surface area contributed by atoms with Gasteiger partial charge in [0.15, 0.2) is 0 Å². The molecular weight excluding hydrogens is 472 g/mol. The number of piperidine rings is 1. The number of ether oxygens (including phenoxy) is 2. The SMILES string of the molecule is O=[N+]([O-])c1ccc(OCC(O)CNCC2CCN(CC(O)COc3ccc([N+](=O)[O-])cc3)CC2)cc1. The number of nitro groups is 2. The van der Waals surface area contributed by atoms with E-state index in [-0.39, 0.29) is 24.6 Å². The summed E-state index contributed by atoms with van der Waals surface area (Å²) < 4.78 is 11.0. The van der Waals surface area contributed by atoms with Crippen LogP contribution in [0, 0.1) is 26.1 Å². The van der Waals surface area contributed by atoms with E-state index in [2.05, 4.69) is 10.2 Å². The molecule has 12 heteroatoms. The fraction of sp³-hybridized carbons (Fsp3) is 0.500. The molecule has 3 N–H and O–H groups in total. The fourth-order valence-corrected chi connectivity index (χ4v) is 3.95. The molecule has 36 heavy (non-hydrogen) atoms. The maximum atomic E-state index is 10.7. The van der Waals surface area contributed by atoms with Crippen molar-refractivity contribution in [2.24, 2.45) is 5.92 Å². The van der Waals surface area contributed by atoms with Crippen LogP contribution < -0.4 is 14.8 Å². The van der Waals surface area contributed by atoms with E-state index in [9.17, 15) is 30.4 Å². The summed E-state index contributed by atoms with van der Waals surface area (Å²) in [6, 6.07) is 11.5. The Labute approximate surface area is 208 Å². The van der Waals surface area contributed by atoms with Gasteiger partial charge in [-0.05, 0) is 62.7 Å². The topological polar surface area (TPSA) is 160 Å². The van der Waals surface area contributed by atoms with Gasteiger partial charge >= 0.3 is 0 Å². The highest BCUT2D eigenvalue weighted by Gasteiger charge is 2.21. The molecule has 0 aromatic heterocycles. The zero-order valence-electron chi connectivity index (χ0n) is 19.9. The Kier molecular flexibility index (Phi) is 10.4. The number of aliphatic hydroxyl groups is 2. The molecule has 1 fully saturated rings. The van der Waals surface area contributed by atoms with Gasteiger partial charge in [0.05, 0.1) is 9.85 Å². The van der Waals surface area contributed by atoms with E-state index in [1.165, 1.54) is 48.5 Å². The molecule has 1 aliphatic rings. The van der Waals surface area contributed by atoms with Crippen LogP contribution in [0.25, 0.3) is 0 Å². The Hall–Kier alpha value is -3.32. The summed E-state index contributed by atoms with van der Waals surface area (Å²) in [6.45, 7) is 3.55. The highest BCUT2D eigenvalue weighted by atomic mass is 16.6. The van der Waals surface area contributed by atoms with Crippen molar-refractivity contribution in [1.29, 1.82) is 0 Å². The maximum absolute atomic E-state index is 10.7. The lowest BCUT2D eigenvalue weighted by Gasteiger charge is -2.33. The van der Waals surface area contributed by atoms with Crippen molar-refractivity contribution >= 4 is 11.4 Å². The minimum atomic E-state index is -0.703. The second-order valence-electron chi connectivity index (χ2n) is 8.83. The van der Waals surface area contributed by atoms with Crippen molar-refractivity contribution in [3.05, 3.63) is 68.8 Å². The van der Waals surface area contributed by atoms with E-state index in [0.29, 0.717) is 30.5 Å². The third-order valence-corrected chi connectivity index (χ3v) is 5.97. The van der Waals surface area contributed by atoms with Crippen molar-refractivity contribution in [3.63, 3.8) is 0 Å². The lowest BCUT2D eigenvalue weighted by atomic mass is 9.96. The Bertz CT molecular complexity index is 965. The molecule has 196 valence electrons. The van der Waals surface area contributed by atoms with E-state index in [0.717, 1.165) is 32.5 Å². The third kappa shape index (κ3) is 9.04. The van der Waals surface area contributed by atoms with Crippen LogP contribution in [-0.2, 0) is 0 Å². The van der Waals surface area contributed by atoms with Crippen molar-refractivity contribution in [3.8, 4) is 11.5 Å². The first kappa shape index (κ1) is 27.3. The van der Waals surface area contributed by atoms with Crippen molar-refractivity contribution < 1.29 is 29.5 Å². The summed E-state index contributed by atoms with van der Waals surface area (Å²) in [4.78, 5) is 22.6. The predicted octanol–water partition coefficient (Wildman–Crippen LogP) is 1.98. The second kappa shape index (κ2) is 13.7. The zero-order chi connectivity index (χ0) is 25.9. The summed E-state index contributed by atoms with van der Waals surface area (Å²) in [6.07, 6.45) is 0.573. The van der Waals surface area contributed by atoms with Crippen LogP contribution in [0.3, 0.4) is 0 Å². The molecule has 0 spiro atoms. The number of nitrogens with zero attached hydrogens (tertiary/aromatic N) is 3. The normalized spacial score (nSPS) is 16.3. The quantitative estimate of drug-likeness (QED) is 0.256. The van der Waals surface area contributed by atoms with E-state index < -0.39 is 22.1 Å². The van der Waals surface area contributed by atoms with Crippen LogP contribution in [-0.4, -0.2) is 83.1 Å². The van der Waals surface area contributed by atoms with E-state index in [4.69, 9.17) is 9.47 Å². The van der Waals surface area contributed by atoms with Crippen molar-refractivity contribution in [1.82, 2.24) is 10.2 Å². The Morgan fingerprint density at radius 1 is 0.861 bits per heavy atom. The van der Waals surface area contributed by atoms with Gasteiger partial charge in [-0.15, -0.1) is 0 Å². The number of rotatable bonds is 14. The predicted molar refractivity (Wildman–Crippen MR) is 131 cm³/mol. The standard InChI is InChI=1S/C24H32N4O8/c29-21(16-35-23-5-1-19(2-6-23)27(31)32)14-25-13-18-9-11-26(12-10-18)15-22(30)17-36-24-7-3-20(4-8-24)28(33)34/h1-8,18,21-22,25,29-30H,9-17H2. The van der Waals surface area contributed by atoms with Gasteiger partial charge in [0.2, 0.25) is 0 Å². The summed E-state index contributed by atoms with van der Waals surface area (Å²) in [5, 5.41) is 45.0. The van der Waals surface area contributed by atoms with Gasteiger partial charge < -0.3 is 29.9 Å². The molecule has 1 aliphatic heterocycles. The lowest BCUT2D eigenvalue weighted by molar-refractivity contribution is -0.385. The number of likely N-dealkylation sites (tertiary alicyclic amines) is 1. The minimum absolute atomic E-state index is 0.00894. The molecule has 0 amide bonds. The molecule has 2 aromatic carbocycles. The van der Waals surface area contributed by atoms with Gasteiger partial charge in [0, 0.05) is 37.4 Å². The van der Waals surface area contributed by atoms with Crippen LogP contribution in [0.4, 0.5) is 11.4 Å². The molecule has 1 heterocycles. The van der Waals surface area contributed by atoms with Crippen molar-refractivity contribution in [2.75, 3.05) is 45.9 Å². The zero-order valence-corrected chi connectivity index (χ0v) is 19.9. The van der Waals surface area contributed by atoms with Crippen LogP contribution in [0.1, 0.15) is 12.8 Å². The number of aliphatic hydroxyl groups excluding tert-OH is 2. The number of nitrogens with one attached hydrogen (secondary N) is 1. The summed E-state index contributed by atoms with van der Waals surface area (Å²) in [5.74, 6) is 1.41. The van der Waals surface area contributed by atoms with E-state index in [1.807, 2.05) is 0 Å². The largest absolute Gasteiger partial charge is 0.491 e. The van der Waals surface area contributed by atoms with E-state index >= 15 is 0 Å². The number of β-amino-alcohol motifs (C(OH)–C–C–N with tert-alkyl or cyclic N) is 1. The first-order valence-corrected chi connectivity index (χ1v) is 11.8. The fourth-order valence-electron chi connectivity index (χ4n) is 3.95. The average molecular weight is 505 g/mol. The number of benzene rings is 2. The van der Waals surface area contributed by atoms with Gasteiger partial charge in [-0.3, -0.25) is 20.2 Å². The summed E-state index contributed by atoms with van der Waals surface area (Å²) in [5.41, 5.74) is -0.0222. The number of hydrogen-bond acceptors (Lipinski definition) is 10. The molecule has 1 saturated heterocycles. The number of non-ortho nitro benzene ring substituents is 2. The first-order valence-electron chi connectivity index (χ1n) is 11.8. The highest BCUT2D eigenvalue weighted by molar-refractivity contribution is 5.36. The molecule has 2 unspecified atom stereocenters. The van der Waals surface area contributed by atoms with Gasteiger partial charge in [0.1, 0.15) is 36.9 Å². The highest BCUT2D eigenvalue weighted by Crippen LogP contribution is 2.19. The Morgan fingerprint density at radius 2 is 1.33 bits per heavy atom. The molecule has 2 aromatic rings. The van der Waals surface area contributed by atoms with Gasteiger partial charge in [-0.2, -0.15) is 0 Å². The third-order valence-electron chi connectivity index (χ3n) is 5.97. The summed E-state index contributed by atoms with van der Waals surface area (Å²) >= 11 is 0. The Morgan fingerprint density at radius 3 is 1.81 bits per heavy atom. The molecule has 0 aliphatic carbocycles.